The van der Waals surface area contributed by atoms with E-state index in [0.717, 1.165) is 19.3 Å². The lowest BCUT2D eigenvalue weighted by atomic mass is 9.75. The number of rotatable bonds is 3. The predicted octanol–water partition coefficient (Wildman–Crippen LogP) is 3.72. The van der Waals surface area contributed by atoms with Gasteiger partial charge in [-0.1, -0.05) is 27.2 Å². The lowest BCUT2D eigenvalue weighted by Gasteiger charge is -2.36. The summed E-state index contributed by atoms with van der Waals surface area (Å²) in [6.45, 7) is 6.46. The molecule has 0 heterocycles. The maximum Gasteiger partial charge on any atom is 0.342 e. The van der Waals surface area contributed by atoms with Gasteiger partial charge in [-0.3, -0.25) is 0 Å². The van der Waals surface area contributed by atoms with Gasteiger partial charge >= 0.3 is 5.97 Å². The molecule has 1 aliphatic rings. The van der Waals surface area contributed by atoms with E-state index in [-0.39, 0.29) is 23.2 Å². The Balaban J connectivity index is 2.14. The Morgan fingerprint density at radius 2 is 2.00 bits per heavy atom. The average molecular weight is 292 g/mol. The van der Waals surface area contributed by atoms with Crippen LogP contribution in [0.15, 0.2) is 18.2 Å². The van der Waals surface area contributed by atoms with Crippen LogP contribution in [-0.2, 0) is 4.74 Å². The van der Waals surface area contributed by atoms with E-state index in [1.54, 1.807) is 0 Å². The van der Waals surface area contributed by atoms with Crippen molar-refractivity contribution in [2.75, 3.05) is 0 Å². The van der Waals surface area contributed by atoms with Crippen LogP contribution in [0.5, 0.6) is 11.5 Å². The Labute approximate surface area is 125 Å². The first-order chi connectivity index (χ1) is 9.88. The highest BCUT2D eigenvalue weighted by Gasteiger charge is 2.34. The number of phenolic OH excluding ortho intramolecular Hbond substituents is 2. The first-order valence-corrected chi connectivity index (χ1v) is 7.61. The van der Waals surface area contributed by atoms with E-state index in [1.165, 1.54) is 18.2 Å². The molecule has 4 heteroatoms. The Kier molecular flexibility index (Phi) is 4.76. The van der Waals surface area contributed by atoms with Gasteiger partial charge in [0.25, 0.3) is 0 Å². The van der Waals surface area contributed by atoms with Crippen LogP contribution in [-0.4, -0.2) is 22.3 Å². The normalized spacial score (nSPS) is 25.8. The van der Waals surface area contributed by atoms with Crippen LogP contribution < -0.4 is 0 Å². The zero-order valence-corrected chi connectivity index (χ0v) is 12.9. The fourth-order valence-corrected chi connectivity index (χ4v) is 3.14. The van der Waals surface area contributed by atoms with Crippen LogP contribution in [0.1, 0.15) is 50.4 Å². The monoisotopic (exact) mass is 292 g/mol. The van der Waals surface area contributed by atoms with Crippen molar-refractivity contribution in [2.45, 2.75) is 46.1 Å². The fraction of sp³-hybridized carbons (Fsp3) is 0.588. The molecule has 1 aromatic carbocycles. The molecular formula is C17H24O4. The largest absolute Gasteiger partial charge is 0.508 e. The molecular weight excluding hydrogens is 268 g/mol. The Hall–Kier alpha value is -1.71. The lowest BCUT2D eigenvalue weighted by Crippen LogP contribution is -2.35. The molecule has 3 atom stereocenters. The Morgan fingerprint density at radius 3 is 2.67 bits per heavy atom. The van der Waals surface area contributed by atoms with Gasteiger partial charge in [0.1, 0.15) is 23.2 Å². The second kappa shape index (κ2) is 6.37. The molecule has 0 amide bonds. The van der Waals surface area contributed by atoms with E-state index in [1.807, 2.05) is 0 Å². The minimum atomic E-state index is -0.562. The molecule has 0 aromatic heterocycles. The van der Waals surface area contributed by atoms with Crippen molar-refractivity contribution < 1.29 is 19.7 Å². The molecule has 1 fully saturated rings. The number of aromatic hydroxyl groups is 2. The molecule has 0 radical (unpaired) electrons. The molecule has 0 aliphatic heterocycles. The number of esters is 1. The summed E-state index contributed by atoms with van der Waals surface area (Å²) in [5.74, 6) is 0.557. The van der Waals surface area contributed by atoms with E-state index >= 15 is 0 Å². The summed E-state index contributed by atoms with van der Waals surface area (Å²) in [4.78, 5) is 12.3. The van der Waals surface area contributed by atoms with Gasteiger partial charge in [0.05, 0.1) is 0 Å². The average Bonchev–Trinajstić information content (AvgIpc) is 2.41. The predicted molar refractivity (Wildman–Crippen MR) is 80.3 cm³/mol. The number of hydrogen-bond acceptors (Lipinski definition) is 4. The Bertz CT molecular complexity index is 510. The van der Waals surface area contributed by atoms with Gasteiger partial charge in [0, 0.05) is 0 Å². The van der Waals surface area contributed by atoms with Gasteiger partial charge in [0.15, 0.2) is 0 Å². The third-order valence-electron chi connectivity index (χ3n) is 4.42. The summed E-state index contributed by atoms with van der Waals surface area (Å²) in [6, 6.07) is 3.88. The zero-order chi connectivity index (χ0) is 15.6. The summed E-state index contributed by atoms with van der Waals surface area (Å²) < 4.78 is 5.65. The molecule has 21 heavy (non-hydrogen) atoms. The summed E-state index contributed by atoms with van der Waals surface area (Å²) in [7, 11) is 0. The van der Waals surface area contributed by atoms with Gasteiger partial charge in [-0.2, -0.15) is 0 Å². The van der Waals surface area contributed by atoms with Gasteiger partial charge in [0.2, 0.25) is 0 Å². The molecule has 1 saturated carbocycles. The number of benzene rings is 1. The molecule has 2 N–H and O–H groups in total. The molecule has 116 valence electrons. The van der Waals surface area contributed by atoms with Crippen LogP contribution in [0.3, 0.4) is 0 Å². The first-order valence-electron chi connectivity index (χ1n) is 7.61. The van der Waals surface area contributed by atoms with Crippen LogP contribution in [0.4, 0.5) is 0 Å². The van der Waals surface area contributed by atoms with Crippen molar-refractivity contribution in [3.63, 3.8) is 0 Å². The zero-order valence-electron chi connectivity index (χ0n) is 12.9. The maximum atomic E-state index is 12.3. The second-order valence-corrected chi connectivity index (χ2v) is 6.47. The number of carbonyl (C=O) groups excluding carboxylic acids is 1. The highest BCUT2D eigenvalue weighted by molar-refractivity contribution is 5.93. The molecule has 0 spiro atoms. The van der Waals surface area contributed by atoms with E-state index in [0.29, 0.717) is 17.8 Å². The van der Waals surface area contributed by atoms with Crippen molar-refractivity contribution in [3.8, 4) is 11.5 Å². The van der Waals surface area contributed by atoms with Crippen LogP contribution in [0.25, 0.3) is 0 Å². The van der Waals surface area contributed by atoms with Crippen molar-refractivity contribution in [3.05, 3.63) is 23.8 Å². The molecule has 1 aliphatic carbocycles. The summed E-state index contributed by atoms with van der Waals surface area (Å²) in [5.41, 5.74) is 0.0238. The smallest absolute Gasteiger partial charge is 0.342 e. The minimum Gasteiger partial charge on any atom is -0.508 e. The third-order valence-corrected chi connectivity index (χ3v) is 4.42. The van der Waals surface area contributed by atoms with Gasteiger partial charge < -0.3 is 14.9 Å². The van der Waals surface area contributed by atoms with Crippen LogP contribution >= 0.6 is 0 Å². The van der Waals surface area contributed by atoms with E-state index in [2.05, 4.69) is 20.8 Å². The van der Waals surface area contributed by atoms with E-state index in [9.17, 15) is 15.0 Å². The number of ether oxygens (including phenoxy) is 1. The van der Waals surface area contributed by atoms with E-state index in [4.69, 9.17) is 4.74 Å². The van der Waals surface area contributed by atoms with Crippen LogP contribution in [0, 0.1) is 17.8 Å². The third kappa shape index (κ3) is 3.69. The molecule has 0 unspecified atom stereocenters. The number of phenols is 2. The standard InChI is InChI=1S/C17H24O4/c1-10(2)13-6-4-11(3)8-16(13)21-17(20)14-9-12(18)5-7-15(14)19/h5,7,9-11,13,16,18-19H,4,6,8H2,1-3H3/t11-,13+,16-/m1/s1. The van der Waals surface area contributed by atoms with Crippen molar-refractivity contribution >= 4 is 5.97 Å². The summed E-state index contributed by atoms with van der Waals surface area (Å²) in [6.07, 6.45) is 2.95. The minimum absolute atomic E-state index is 0.0238. The topological polar surface area (TPSA) is 66.8 Å². The maximum absolute atomic E-state index is 12.3. The number of hydrogen-bond donors (Lipinski definition) is 2. The summed E-state index contributed by atoms with van der Waals surface area (Å²) >= 11 is 0. The highest BCUT2D eigenvalue weighted by atomic mass is 16.5. The van der Waals surface area contributed by atoms with E-state index < -0.39 is 5.97 Å². The Morgan fingerprint density at radius 1 is 1.29 bits per heavy atom. The SMILES string of the molecule is CC(C)[C@@H]1CC[C@@H](C)C[C@H]1OC(=O)c1cc(O)ccc1O. The van der Waals surface area contributed by atoms with Gasteiger partial charge in [-0.15, -0.1) is 0 Å². The molecule has 2 rings (SSSR count). The number of carbonyl (C=O) groups is 1. The summed E-state index contributed by atoms with van der Waals surface area (Å²) in [5, 5.41) is 19.2. The van der Waals surface area contributed by atoms with Crippen molar-refractivity contribution in [1.82, 2.24) is 0 Å². The van der Waals surface area contributed by atoms with Crippen molar-refractivity contribution in [1.29, 1.82) is 0 Å². The molecule has 4 nitrogen and oxygen atoms in total. The van der Waals surface area contributed by atoms with Crippen LogP contribution in [0.2, 0.25) is 0 Å². The fourth-order valence-electron chi connectivity index (χ4n) is 3.14. The molecule has 1 aromatic rings. The molecule has 0 saturated heterocycles. The van der Waals surface area contributed by atoms with Crippen molar-refractivity contribution in [2.24, 2.45) is 17.8 Å². The van der Waals surface area contributed by atoms with Gasteiger partial charge in [-0.25, -0.2) is 4.79 Å². The lowest BCUT2D eigenvalue weighted by molar-refractivity contribution is -0.0176. The quantitative estimate of drug-likeness (QED) is 0.658. The second-order valence-electron chi connectivity index (χ2n) is 6.47. The molecule has 0 bridgehead atoms. The van der Waals surface area contributed by atoms with Gasteiger partial charge in [-0.05, 0) is 48.8 Å². The highest BCUT2D eigenvalue weighted by Crippen LogP contribution is 2.36. The first kappa shape index (κ1) is 15.7.